The molecule has 19 heavy (non-hydrogen) atoms. The standard InChI is InChI=1S/C11H16N4O3.ClH/c1-8(6-12)14-11(16)7-13-9-4-2-3-5-10(9)15(17)18;/h2-5,8,13H,6-7,12H2,1H3,(H,14,16);1H/t8-;/m0./s1. The Morgan fingerprint density at radius 3 is 2.68 bits per heavy atom. The zero-order valence-electron chi connectivity index (χ0n) is 10.5. The molecule has 8 heteroatoms. The molecule has 1 aromatic rings. The van der Waals surface area contributed by atoms with Crippen LogP contribution in [0.2, 0.25) is 0 Å². The van der Waals surface area contributed by atoms with Crippen LogP contribution in [0.3, 0.4) is 0 Å². The van der Waals surface area contributed by atoms with Crippen molar-refractivity contribution in [2.24, 2.45) is 5.73 Å². The molecule has 0 aliphatic heterocycles. The van der Waals surface area contributed by atoms with Gasteiger partial charge in [-0.25, -0.2) is 0 Å². The molecule has 0 saturated heterocycles. The summed E-state index contributed by atoms with van der Waals surface area (Å²) in [6.07, 6.45) is 0. The number of hydrogen-bond acceptors (Lipinski definition) is 5. The number of rotatable bonds is 6. The van der Waals surface area contributed by atoms with Gasteiger partial charge in [-0.1, -0.05) is 12.1 Å². The first-order valence-electron chi connectivity index (χ1n) is 5.51. The number of nitrogens with one attached hydrogen (secondary N) is 2. The van der Waals surface area contributed by atoms with Crippen molar-refractivity contribution in [1.82, 2.24) is 5.32 Å². The smallest absolute Gasteiger partial charge is 0.292 e. The second kappa shape index (κ2) is 8.28. The molecule has 7 nitrogen and oxygen atoms in total. The van der Waals surface area contributed by atoms with E-state index < -0.39 is 4.92 Å². The summed E-state index contributed by atoms with van der Waals surface area (Å²) in [6, 6.07) is 6.04. The van der Waals surface area contributed by atoms with Crippen molar-refractivity contribution in [3.8, 4) is 0 Å². The molecule has 0 radical (unpaired) electrons. The van der Waals surface area contributed by atoms with Crippen LogP contribution >= 0.6 is 12.4 Å². The highest BCUT2D eigenvalue weighted by atomic mass is 35.5. The molecule has 1 atom stereocenters. The van der Waals surface area contributed by atoms with Gasteiger partial charge in [0.15, 0.2) is 0 Å². The maximum Gasteiger partial charge on any atom is 0.292 e. The maximum absolute atomic E-state index is 11.5. The molecule has 0 fully saturated rings. The molecule has 0 saturated carbocycles. The van der Waals surface area contributed by atoms with Crippen LogP contribution in [-0.2, 0) is 4.79 Å². The highest BCUT2D eigenvalue weighted by molar-refractivity contribution is 5.85. The van der Waals surface area contributed by atoms with E-state index in [2.05, 4.69) is 10.6 Å². The lowest BCUT2D eigenvalue weighted by molar-refractivity contribution is -0.383. The molecule has 0 bridgehead atoms. The molecule has 106 valence electrons. The van der Waals surface area contributed by atoms with E-state index in [0.717, 1.165) is 0 Å². The minimum atomic E-state index is -0.497. The van der Waals surface area contributed by atoms with E-state index in [1.807, 2.05) is 0 Å². The average molecular weight is 289 g/mol. The van der Waals surface area contributed by atoms with Crippen LogP contribution in [0.4, 0.5) is 11.4 Å². The van der Waals surface area contributed by atoms with Gasteiger partial charge in [0.25, 0.3) is 5.69 Å². The lowest BCUT2D eigenvalue weighted by atomic mass is 10.2. The summed E-state index contributed by atoms with van der Waals surface area (Å²) in [5.74, 6) is -0.258. The van der Waals surface area contributed by atoms with E-state index in [1.165, 1.54) is 6.07 Å². The van der Waals surface area contributed by atoms with Crippen LogP contribution in [0.5, 0.6) is 0 Å². The third-order valence-corrected chi connectivity index (χ3v) is 2.30. The van der Waals surface area contributed by atoms with Crippen LogP contribution in [0.25, 0.3) is 0 Å². The normalized spacial score (nSPS) is 11.1. The van der Waals surface area contributed by atoms with Gasteiger partial charge in [-0.3, -0.25) is 14.9 Å². The lowest BCUT2D eigenvalue weighted by Crippen LogP contribution is -2.40. The Kier molecular flexibility index (Phi) is 7.47. The summed E-state index contributed by atoms with van der Waals surface area (Å²) in [4.78, 5) is 21.7. The molecule has 1 rings (SSSR count). The summed E-state index contributed by atoms with van der Waals surface area (Å²) in [6.45, 7) is 2.09. The van der Waals surface area contributed by atoms with Gasteiger partial charge in [0.05, 0.1) is 11.5 Å². The van der Waals surface area contributed by atoms with Gasteiger partial charge in [0.1, 0.15) is 5.69 Å². The van der Waals surface area contributed by atoms with Crippen molar-refractivity contribution >= 4 is 29.7 Å². The molecule has 0 spiro atoms. The number of hydrogen-bond donors (Lipinski definition) is 3. The van der Waals surface area contributed by atoms with E-state index >= 15 is 0 Å². The maximum atomic E-state index is 11.5. The molecule has 4 N–H and O–H groups in total. The second-order valence-electron chi connectivity index (χ2n) is 3.83. The fraction of sp³-hybridized carbons (Fsp3) is 0.364. The van der Waals surface area contributed by atoms with Crippen molar-refractivity contribution in [2.75, 3.05) is 18.4 Å². The topological polar surface area (TPSA) is 110 Å². The van der Waals surface area contributed by atoms with E-state index in [9.17, 15) is 14.9 Å². The van der Waals surface area contributed by atoms with Gasteiger partial charge in [-0.05, 0) is 13.0 Å². The van der Waals surface area contributed by atoms with Crippen molar-refractivity contribution in [1.29, 1.82) is 0 Å². The second-order valence-corrected chi connectivity index (χ2v) is 3.83. The summed E-state index contributed by atoms with van der Waals surface area (Å²) in [7, 11) is 0. The summed E-state index contributed by atoms with van der Waals surface area (Å²) in [5.41, 5.74) is 5.63. The number of carbonyl (C=O) groups excluding carboxylic acids is 1. The van der Waals surface area contributed by atoms with Crippen LogP contribution in [0.15, 0.2) is 24.3 Å². The first-order chi connectivity index (χ1) is 8.54. The lowest BCUT2D eigenvalue weighted by Gasteiger charge is -2.12. The van der Waals surface area contributed by atoms with E-state index in [0.29, 0.717) is 12.2 Å². The van der Waals surface area contributed by atoms with Gasteiger partial charge in [0.2, 0.25) is 5.91 Å². The number of carbonyl (C=O) groups is 1. The quantitative estimate of drug-likeness (QED) is 0.532. The molecule has 0 aliphatic carbocycles. The molecule has 0 aliphatic rings. The van der Waals surface area contributed by atoms with Crippen molar-refractivity contribution in [3.05, 3.63) is 34.4 Å². The fourth-order valence-corrected chi connectivity index (χ4v) is 1.34. The Morgan fingerprint density at radius 1 is 1.47 bits per heavy atom. The zero-order valence-corrected chi connectivity index (χ0v) is 11.3. The van der Waals surface area contributed by atoms with Crippen LogP contribution in [0.1, 0.15) is 6.92 Å². The van der Waals surface area contributed by atoms with Crippen molar-refractivity contribution in [2.45, 2.75) is 13.0 Å². The molecule has 0 unspecified atom stereocenters. The summed E-state index contributed by atoms with van der Waals surface area (Å²) >= 11 is 0. The molecule has 0 aromatic heterocycles. The highest BCUT2D eigenvalue weighted by Gasteiger charge is 2.13. The highest BCUT2D eigenvalue weighted by Crippen LogP contribution is 2.22. The Labute approximate surface area is 117 Å². The Morgan fingerprint density at radius 2 is 2.11 bits per heavy atom. The third-order valence-electron chi connectivity index (χ3n) is 2.30. The zero-order chi connectivity index (χ0) is 13.5. The predicted octanol–water partition coefficient (Wildman–Crippen LogP) is 0.892. The molecule has 0 heterocycles. The first-order valence-corrected chi connectivity index (χ1v) is 5.51. The minimum Gasteiger partial charge on any atom is -0.371 e. The summed E-state index contributed by atoms with van der Waals surface area (Å²) in [5, 5.41) is 16.1. The molecule has 1 amide bonds. The molecular formula is C11H17ClN4O3. The van der Waals surface area contributed by atoms with Crippen LogP contribution in [0, 0.1) is 10.1 Å². The van der Waals surface area contributed by atoms with E-state index in [4.69, 9.17) is 5.73 Å². The average Bonchev–Trinajstić information content (AvgIpc) is 2.36. The number of halogens is 1. The predicted molar refractivity (Wildman–Crippen MR) is 75.5 cm³/mol. The Balaban J connectivity index is 0.00000324. The van der Waals surface area contributed by atoms with Gasteiger partial charge in [-0.15, -0.1) is 12.4 Å². The van der Waals surface area contributed by atoms with Gasteiger partial charge in [0, 0.05) is 18.7 Å². The number of para-hydroxylation sites is 2. The Hall–Kier alpha value is -1.86. The minimum absolute atomic E-state index is 0. The molecular weight excluding hydrogens is 272 g/mol. The SMILES string of the molecule is C[C@@H](CN)NC(=O)CNc1ccccc1[N+](=O)[O-].Cl. The largest absolute Gasteiger partial charge is 0.371 e. The Bertz CT molecular complexity index is 442. The fourth-order valence-electron chi connectivity index (χ4n) is 1.34. The number of nitro benzene ring substituents is 1. The number of nitrogens with zero attached hydrogens (tertiary/aromatic N) is 1. The number of nitrogens with two attached hydrogens (primary N) is 1. The number of amides is 1. The van der Waals surface area contributed by atoms with Crippen molar-refractivity contribution in [3.63, 3.8) is 0 Å². The van der Waals surface area contributed by atoms with Gasteiger partial charge in [-0.2, -0.15) is 0 Å². The number of nitro groups is 1. The monoisotopic (exact) mass is 288 g/mol. The first kappa shape index (κ1) is 17.1. The van der Waals surface area contributed by atoms with Gasteiger partial charge >= 0.3 is 0 Å². The van der Waals surface area contributed by atoms with Crippen molar-refractivity contribution < 1.29 is 9.72 Å². The third kappa shape index (κ3) is 5.54. The molecule has 1 aromatic carbocycles. The van der Waals surface area contributed by atoms with Crippen LogP contribution < -0.4 is 16.4 Å². The van der Waals surface area contributed by atoms with Crippen LogP contribution in [-0.4, -0.2) is 30.0 Å². The summed E-state index contributed by atoms with van der Waals surface area (Å²) < 4.78 is 0. The number of anilines is 1. The number of benzene rings is 1. The van der Waals surface area contributed by atoms with E-state index in [1.54, 1.807) is 25.1 Å². The van der Waals surface area contributed by atoms with E-state index in [-0.39, 0.29) is 36.6 Å². The van der Waals surface area contributed by atoms with Gasteiger partial charge < -0.3 is 16.4 Å².